The minimum Gasteiger partial charge on any atom is -0.480 e. The summed E-state index contributed by atoms with van der Waals surface area (Å²) in [7, 11) is 0. The summed E-state index contributed by atoms with van der Waals surface area (Å²) in [5.41, 5.74) is 0. The van der Waals surface area contributed by atoms with Gasteiger partial charge in [-0.05, 0) is 25.7 Å². The van der Waals surface area contributed by atoms with Crippen molar-refractivity contribution >= 4 is 12.0 Å². The molecule has 0 bridgehead atoms. The van der Waals surface area contributed by atoms with Gasteiger partial charge in [-0.15, -0.1) is 10.2 Å². The summed E-state index contributed by atoms with van der Waals surface area (Å²) in [5.74, 6) is 0.956. The van der Waals surface area contributed by atoms with E-state index in [0.717, 1.165) is 12.8 Å². The van der Waals surface area contributed by atoms with Gasteiger partial charge in [0.25, 0.3) is 0 Å². The van der Waals surface area contributed by atoms with E-state index in [2.05, 4.69) is 17.1 Å². The van der Waals surface area contributed by atoms with Gasteiger partial charge in [0.05, 0.1) is 13.1 Å². The Labute approximate surface area is 128 Å². The van der Waals surface area contributed by atoms with E-state index < -0.39 is 12.0 Å². The van der Waals surface area contributed by atoms with E-state index >= 15 is 0 Å². The molecular formula is C14H21N5O3. The van der Waals surface area contributed by atoms with Crippen molar-refractivity contribution in [3.63, 3.8) is 0 Å². The van der Waals surface area contributed by atoms with Crippen LogP contribution in [0.1, 0.15) is 31.4 Å². The summed E-state index contributed by atoms with van der Waals surface area (Å²) in [6.45, 7) is 5.75. The third-order valence-corrected chi connectivity index (χ3v) is 4.64. The monoisotopic (exact) mass is 307 g/mol. The van der Waals surface area contributed by atoms with Crippen molar-refractivity contribution in [3.8, 4) is 0 Å². The first-order valence-electron chi connectivity index (χ1n) is 7.64. The molecule has 1 unspecified atom stereocenters. The van der Waals surface area contributed by atoms with E-state index in [1.807, 2.05) is 0 Å². The molecular weight excluding hydrogens is 286 g/mol. The van der Waals surface area contributed by atoms with E-state index in [1.54, 1.807) is 16.4 Å². The lowest BCUT2D eigenvalue weighted by Gasteiger charge is -2.39. The molecule has 0 saturated carbocycles. The Morgan fingerprint density at radius 2 is 1.91 bits per heavy atom. The van der Waals surface area contributed by atoms with Crippen LogP contribution in [0.15, 0.2) is 0 Å². The van der Waals surface area contributed by atoms with Crippen molar-refractivity contribution in [3.05, 3.63) is 11.6 Å². The first-order chi connectivity index (χ1) is 10.5. The number of amides is 2. The highest BCUT2D eigenvalue weighted by Gasteiger charge is 2.38. The molecule has 1 N–H and O–H groups in total. The minimum absolute atomic E-state index is 0.197. The Morgan fingerprint density at radius 1 is 1.23 bits per heavy atom. The van der Waals surface area contributed by atoms with Crippen molar-refractivity contribution in [1.29, 1.82) is 0 Å². The molecule has 2 aliphatic heterocycles. The Balaban J connectivity index is 1.81. The summed E-state index contributed by atoms with van der Waals surface area (Å²) in [4.78, 5) is 27.5. The van der Waals surface area contributed by atoms with Crippen LogP contribution in [-0.4, -0.2) is 60.8 Å². The molecule has 1 aromatic heterocycles. The third kappa shape index (κ3) is 2.53. The van der Waals surface area contributed by atoms with Gasteiger partial charge in [-0.2, -0.15) is 0 Å². The zero-order valence-corrected chi connectivity index (χ0v) is 12.9. The topological polar surface area (TPSA) is 91.6 Å². The molecule has 1 atom stereocenters. The standard InChI is InChI=1S/C14H21N5O3/c1-9-3-5-17(6-4-9)14(22)19-8-12-16-15-10(2)18(12)7-11(19)13(20)21/h9,11H,3-8H2,1-2H3,(H,20,21). The molecule has 2 aliphatic rings. The van der Waals surface area contributed by atoms with Crippen molar-refractivity contribution in [2.45, 2.75) is 45.8 Å². The van der Waals surface area contributed by atoms with Crippen LogP contribution in [0.3, 0.4) is 0 Å². The summed E-state index contributed by atoms with van der Waals surface area (Å²) >= 11 is 0. The molecule has 0 aromatic carbocycles. The van der Waals surface area contributed by atoms with Gasteiger partial charge in [-0.25, -0.2) is 9.59 Å². The number of urea groups is 1. The first-order valence-corrected chi connectivity index (χ1v) is 7.64. The van der Waals surface area contributed by atoms with Crippen LogP contribution in [0.2, 0.25) is 0 Å². The molecule has 1 saturated heterocycles. The van der Waals surface area contributed by atoms with Crippen molar-refractivity contribution in [1.82, 2.24) is 24.6 Å². The Bertz CT molecular complexity index is 591. The van der Waals surface area contributed by atoms with Crippen LogP contribution < -0.4 is 0 Å². The number of hydrogen-bond acceptors (Lipinski definition) is 4. The van der Waals surface area contributed by atoms with Gasteiger partial charge in [0.1, 0.15) is 11.9 Å². The number of carbonyl (C=O) groups is 2. The molecule has 3 heterocycles. The number of aryl methyl sites for hydroxylation is 1. The maximum atomic E-state index is 12.7. The summed E-state index contributed by atoms with van der Waals surface area (Å²) in [6, 6.07) is -1.07. The molecule has 2 amide bonds. The second-order valence-corrected chi connectivity index (χ2v) is 6.21. The largest absolute Gasteiger partial charge is 0.480 e. The molecule has 8 heteroatoms. The molecule has 0 radical (unpaired) electrons. The van der Waals surface area contributed by atoms with Crippen LogP contribution in [0.4, 0.5) is 4.79 Å². The molecule has 0 spiro atoms. The van der Waals surface area contributed by atoms with Gasteiger partial charge in [0.2, 0.25) is 0 Å². The van der Waals surface area contributed by atoms with Crippen LogP contribution >= 0.6 is 0 Å². The zero-order chi connectivity index (χ0) is 15.9. The van der Waals surface area contributed by atoms with Gasteiger partial charge >= 0.3 is 12.0 Å². The number of likely N-dealkylation sites (tertiary alicyclic amines) is 1. The average molecular weight is 307 g/mol. The quantitative estimate of drug-likeness (QED) is 0.825. The third-order valence-electron chi connectivity index (χ3n) is 4.64. The van der Waals surface area contributed by atoms with Crippen molar-refractivity contribution < 1.29 is 14.7 Å². The van der Waals surface area contributed by atoms with E-state index in [4.69, 9.17) is 0 Å². The highest BCUT2D eigenvalue weighted by atomic mass is 16.4. The SMILES string of the molecule is Cc1nnc2n1CC(C(=O)O)N(C(=O)N1CCC(C)CC1)C2. The Morgan fingerprint density at radius 3 is 2.55 bits per heavy atom. The summed E-state index contributed by atoms with van der Waals surface area (Å²) < 4.78 is 1.78. The predicted molar refractivity (Wildman–Crippen MR) is 77.1 cm³/mol. The summed E-state index contributed by atoms with van der Waals surface area (Å²) in [6.07, 6.45) is 1.93. The van der Waals surface area contributed by atoms with Crippen LogP contribution in [0.5, 0.6) is 0 Å². The lowest BCUT2D eigenvalue weighted by atomic mass is 9.99. The normalized spacial score (nSPS) is 22.5. The van der Waals surface area contributed by atoms with Crippen LogP contribution in [0.25, 0.3) is 0 Å². The highest BCUT2D eigenvalue weighted by molar-refractivity contribution is 5.83. The number of rotatable bonds is 1. The molecule has 3 rings (SSSR count). The van der Waals surface area contributed by atoms with Crippen LogP contribution in [0, 0.1) is 12.8 Å². The minimum atomic E-state index is -0.988. The molecule has 0 aliphatic carbocycles. The Kier molecular flexibility index (Phi) is 3.76. The second-order valence-electron chi connectivity index (χ2n) is 6.21. The van der Waals surface area contributed by atoms with Crippen LogP contribution in [-0.2, 0) is 17.9 Å². The highest BCUT2D eigenvalue weighted by Crippen LogP contribution is 2.22. The summed E-state index contributed by atoms with van der Waals surface area (Å²) in [5, 5.41) is 17.5. The number of aromatic nitrogens is 3. The average Bonchev–Trinajstić information content (AvgIpc) is 2.87. The van der Waals surface area contributed by atoms with E-state index in [-0.39, 0.29) is 19.1 Å². The predicted octanol–water partition coefficient (Wildman–Crippen LogP) is 0.707. The number of aliphatic carboxylic acids is 1. The molecule has 1 aromatic rings. The maximum absolute atomic E-state index is 12.7. The maximum Gasteiger partial charge on any atom is 0.328 e. The molecule has 22 heavy (non-hydrogen) atoms. The lowest BCUT2D eigenvalue weighted by Crippen LogP contribution is -2.56. The first kappa shape index (κ1) is 14.8. The molecule has 1 fully saturated rings. The fraction of sp³-hybridized carbons (Fsp3) is 0.714. The van der Waals surface area contributed by atoms with Crippen molar-refractivity contribution in [2.24, 2.45) is 5.92 Å². The van der Waals surface area contributed by atoms with E-state index in [9.17, 15) is 14.7 Å². The Hall–Kier alpha value is -2.12. The van der Waals surface area contributed by atoms with Gasteiger partial charge < -0.3 is 19.5 Å². The second kappa shape index (κ2) is 5.58. The number of fused-ring (bicyclic) bond motifs is 1. The van der Waals surface area contributed by atoms with Gasteiger partial charge in [0, 0.05) is 13.1 Å². The number of carboxylic acid groups (broad SMARTS) is 1. The van der Waals surface area contributed by atoms with Gasteiger partial charge in [0.15, 0.2) is 5.82 Å². The number of hydrogen-bond donors (Lipinski definition) is 1. The fourth-order valence-corrected chi connectivity index (χ4v) is 3.11. The van der Waals surface area contributed by atoms with E-state index in [0.29, 0.717) is 30.7 Å². The number of piperidine rings is 1. The fourth-order valence-electron chi connectivity index (χ4n) is 3.11. The van der Waals surface area contributed by atoms with Gasteiger partial charge in [-0.1, -0.05) is 6.92 Å². The van der Waals surface area contributed by atoms with Gasteiger partial charge in [-0.3, -0.25) is 0 Å². The van der Waals surface area contributed by atoms with Crippen molar-refractivity contribution in [2.75, 3.05) is 13.1 Å². The van der Waals surface area contributed by atoms with E-state index in [1.165, 1.54) is 4.90 Å². The number of nitrogens with zero attached hydrogens (tertiary/aromatic N) is 5. The molecule has 8 nitrogen and oxygen atoms in total. The zero-order valence-electron chi connectivity index (χ0n) is 12.9. The molecule has 120 valence electrons. The number of carbonyl (C=O) groups excluding carboxylic acids is 1. The number of carboxylic acids is 1. The smallest absolute Gasteiger partial charge is 0.328 e. The lowest BCUT2D eigenvalue weighted by molar-refractivity contribution is -0.143.